The number of epoxide rings is 2. The molecule has 12 heteroatoms. The molecule has 0 radical (unpaired) electrons. The van der Waals surface area contributed by atoms with Gasteiger partial charge in [-0.2, -0.15) is 0 Å². The molecule has 2 aromatic heterocycles. The first-order valence-electron chi connectivity index (χ1n) is 22.1. The molecule has 4 heterocycles. The highest BCUT2D eigenvalue weighted by Crippen LogP contribution is 2.43. The number of ether oxygens (including phenoxy) is 4. The summed E-state index contributed by atoms with van der Waals surface area (Å²) < 4.78 is 40.2. The summed E-state index contributed by atoms with van der Waals surface area (Å²) in [5.41, 5.74) is -0.228. The zero-order valence-electron chi connectivity index (χ0n) is 40.0. The molecule has 0 unspecified atom stereocenters. The molecule has 2 aliphatic rings. The van der Waals surface area contributed by atoms with Gasteiger partial charge in [0.1, 0.15) is 43.0 Å². The van der Waals surface area contributed by atoms with Crippen molar-refractivity contribution in [1.29, 1.82) is 0 Å². The van der Waals surface area contributed by atoms with Gasteiger partial charge in [-0.3, -0.25) is 0 Å². The number of nitrogens with zero attached hydrogens (tertiary/aromatic N) is 2. The van der Waals surface area contributed by atoms with Gasteiger partial charge >= 0.3 is 11.9 Å². The van der Waals surface area contributed by atoms with E-state index in [0.717, 1.165) is 6.42 Å². The summed E-state index contributed by atoms with van der Waals surface area (Å²) in [5, 5.41) is 0.144. The number of rotatable bonds is 23. The lowest BCUT2D eigenvalue weighted by atomic mass is 9.73. The van der Waals surface area contributed by atoms with Gasteiger partial charge in [-0.25, -0.2) is 19.6 Å². The molecule has 4 rings (SSSR count). The fourth-order valence-corrected chi connectivity index (χ4v) is 7.87. The van der Waals surface area contributed by atoms with Crippen molar-refractivity contribution in [3.63, 3.8) is 0 Å². The lowest BCUT2D eigenvalue weighted by Gasteiger charge is -2.45. The Morgan fingerprint density at radius 3 is 1.70 bits per heavy atom. The van der Waals surface area contributed by atoms with Crippen molar-refractivity contribution in [2.75, 3.05) is 7.11 Å². The molecule has 63 heavy (non-hydrogen) atoms. The first-order chi connectivity index (χ1) is 29.6. The minimum atomic E-state index is -1.94. The van der Waals surface area contributed by atoms with Crippen LogP contribution >= 0.6 is 0 Å². The maximum absolute atomic E-state index is 13.4. The zero-order valence-corrected chi connectivity index (χ0v) is 41.0. The monoisotopic (exact) mass is 885 g/mol. The van der Waals surface area contributed by atoms with Gasteiger partial charge in [0.25, 0.3) is 0 Å². The lowest BCUT2D eigenvalue weighted by Crippen LogP contribution is -2.48. The molecule has 0 aliphatic carbocycles. The Kier molecular flexibility index (Phi) is 18.1. The minimum absolute atomic E-state index is 0.00771. The third kappa shape index (κ3) is 14.7. The Labute approximate surface area is 377 Å². The van der Waals surface area contributed by atoms with E-state index in [-0.39, 0.29) is 58.3 Å². The molecular weight excluding hydrogens is 813 g/mol. The Balaban J connectivity index is 1.26. The van der Waals surface area contributed by atoms with E-state index in [0.29, 0.717) is 24.1 Å². The highest BCUT2D eigenvalue weighted by molar-refractivity contribution is 6.74. The fraction of sp³-hybridized carbons (Fsp3) is 0.529. The van der Waals surface area contributed by atoms with Crippen molar-refractivity contribution in [3.8, 4) is 0 Å². The number of hydrogen-bond acceptors (Lipinski definition) is 11. The van der Waals surface area contributed by atoms with E-state index in [1.165, 1.54) is 19.6 Å². The van der Waals surface area contributed by atoms with E-state index in [1.54, 1.807) is 18.2 Å². The van der Waals surface area contributed by atoms with E-state index in [1.807, 2.05) is 55.5 Å². The summed E-state index contributed by atoms with van der Waals surface area (Å²) in [6, 6.07) is 0. The van der Waals surface area contributed by atoms with Crippen molar-refractivity contribution >= 4 is 32.4 Å². The number of carbonyl (C=O) groups is 2. The molecule has 0 saturated carbocycles. The third-order valence-electron chi connectivity index (χ3n) is 12.9. The number of aromatic nitrogens is 2. The molecule has 344 valence electrons. The first-order valence-corrected chi connectivity index (χ1v) is 25.0. The molecule has 2 saturated heterocycles. The molecule has 0 amide bonds. The molecule has 2 aliphatic heterocycles. The maximum Gasteiger partial charge on any atom is 0.360 e. The number of esters is 2. The van der Waals surface area contributed by atoms with Crippen molar-refractivity contribution in [3.05, 3.63) is 121 Å². The number of allylic oxidation sites excluding steroid dienone is 8. The minimum Gasteiger partial charge on any atom is -0.464 e. The predicted molar refractivity (Wildman–Crippen MR) is 252 cm³/mol. The van der Waals surface area contributed by atoms with E-state index < -0.39 is 31.8 Å². The highest BCUT2D eigenvalue weighted by atomic mass is 28.4. The van der Waals surface area contributed by atoms with E-state index >= 15 is 0 Å². The second kappa shape index (κ2) is 22.3. The quantitative estimate of drug-likeness (QED) is 0.0346. The molecule has 2 aromatic rings. The van der Waals surface area contributed by atoms with Gasteiger partial charge in [-0.15, -0.1) is 0 Å². The number of hydrogen-bond donors (Lipinski definition) is 0. The van der Waals surface area contributed by atoms with Crippen molar-refractivity contribution < 1.29 is 41.8 Å². The normalized spacial score (nSPS) is 22.2. The average Bonchev–Trinajstić information content (AvgIpc) is 4.02. The largest absolute Gasteiger partial charge is 0.464 e. The molecule has 0 aromatic carbocycles. The highest BCUT2D eigenvalue weighted by Gasteiger charge is 2.44. The van der Waals surface area contributed by atoms with Crippen molar-refractivity contribution in [1.82, 2.24) is 9.97 Å². The Morgan fingerprint density at radius 1 is 0.714 bits per heavy atom. The second-order valence-corrected chi connectivity index (χ2v) is 23.9. The van der Waals surface area contributed by atoms with Gasteiger partial charge < -0.3 is 32.2 Å². The average molecular weight is 885 g/mol. The molecular formula is C51H72N2O9Si. The summed E-state index contributed by atoms with van der Waals surface area (Å²) in [5.74, 6) is 0.00424. The first kappa shape index (κ1) is 51.0. The van der Waals surface area contributed by atoms with Crippen LogP contribution in [0.25, 0.3) is 12.2 Å². The predicted octanol–water partition coefficient (Wildman–Crippen LogP) is 12.1. The fourth-order valence-electron chi connectivity index (χ4n) is 6.50. The van der Waals surface area contributed by atoms with Crippen LogP contribution in [0.5, 0.6) is 0 Å². The van der Waals surface area contributed by atoms with E-state index in [4.69, 9.17) is 27.5 Å². The van der Waals surface area contributed by atoms with Gasteiger partial charge in [-0.05, 0) is 55.7 Å². The third-order valence-corrected chi connectivity index (χ3v) is 17.4. The number of oxazole rings is 2. The van der Waals surface area contributed by atoms with Gasteiger partial charge in [0.05, 0.1) is 13.2 Å². The van der Waals surface area contributed by atoms with Crippen LogP contribution in [0, 0.1) is 22.7 Å². The molecule has 8 atom stereocenters. The molecule has 0 N–H and O–H groups in total. The van der Waals surface area contributed by atoms with E-state index in [9.17, 15) is 9.59 Å². The SMILES string of the molecule is C/C=C/[C@H](O[Si](C)(C)C(C)(C)C)C(C)(C)[C@@H](C)C/C=C\[C@H]1O[C@H]1/C=C/C=C\c1nc(C(=O)O[C@@H](C/C=C\[C@H]2O[C@H]2/C=C/C=C\c2nc(C(=O)OC)co2)C(C)(C)[C@@H](C)/C=C/C)co1. The van der Waals surface area contributed by atoms with Crippen LogP contribution < -0.4 is 0 Å². The summed E-state index contributed by atoms with van der Waals surface area (Å²) in [6.07, 6.45) is 34.9. The van der Waals surface area contributed by atoms with Crippen LogP contribution in [0.2, 0.25) is 18.1 Å². The topological polar surface area (TPSA) is 139 Å². The van der Waals surface area contributed by atoms with E-state index in [2.05, 4.69) is 127 Å². The maximum atomic E-state index is 13.4. The number of carbonyl (C=O) groups excluding carboxylic acids is 2. The smallest absolute Gasteiger partial charge is 0.360 e. The summed E-state index contributed by atoms with van der Waals surface area (Å²) in [6.45, 7) is 28.8. The van der Waals surface area contributed by atoms with Crippen molar-refractivity contribution in [2.45, 2.75) is 144 Å². The van der Waals surface area contributed by atoms with Crippen molar-refractivity contribution in [2.24, 2.45) is 22.7 Å². The molecule has 0 bridgehead atoms. The Bertz CT molecular complexity index is 2050. The Morgan fingerprint density at radius 2 is 1.21 bits per heavy atom. The van der Waals surface area contributed by atoms with Crippen LogP contribution in [0.15, 0.2) is 106 Å². The molecule has 11 nitrogen and oxygen atoms in total. The number of methoxy groups -OCH3 is 1. The van der Waals surface area contributed by atoms with Crippen LogP contribution in [0.4, 0.5) is 0 Å². The zero-order chi connectivity index (χ0) is 46.6. The van der Waals surface area contributed by atoms with Gasteiger partial charge in [-0.1, -0.05) is 147 Å². The summed E-state index contributed by atoms with van der Waals surface area (Å²) >= 11 is 0. The van der Waals surface area contributed by atoms with Crippen LogP contribution in [-0.4, -0.2) is 74.0 Å². The van der Waals surface area contributed by atoms with Gasteiger partial charge in [0.2, 0.25) is 11.8 Å². The van der Waals surface area contributed by atoms with Crippen LogP contribution in [0.1, 0.15) is 122 Å². The van der Waals surface area contributed by atoms with Gasteiger partial charge in [0.15, 0.2) is 19.7 Å². The summed E-state index contributed by atoms with van der Waals surface area (Å²) in [4.78, 5) is 33.4. The van der Waals surface area contributed by atoms with Crippen LogP contribution in [0.3, 0.4) is 0 Å². The van der Waals surface area contributed by atoms with Gasteiger partial charge in [0, 0.05) is 24.0 Å². The second-order valence-electron chi connectivity index (χ2n) is 19.2. The standard InChI is InChI=1S/C51H72N2O9Si/c1-15-23-35(3)50(8,9)43(30-22-29-42-40(60-42)27-17-19-31-45-52-37(33-57-45)47(54)56-12)61-48(55)38-34-58-46(53-38)32-20-18-26-39-41(59-39)28-21-25-36(4)51(10,11)44(24-16-2)62-63(13,14)49(5,6)7/h15-24,26-29,31-36,39-44H,25,30H2,1-14H3/b23-15+,24-16+,26-18+,27-17+,28-21-,29-22-,31-19-,32-20-/t35-,36-,39-,40-,41+,42+,43-,44-/m0/s1. The molecule has 2 fully saturated rings. The molecule has 0 spiro atoms. The Hall–Kier alpha value is -4.62. The van der Waals surface area contributed by atoms with Crippen LogP contribution in [-0.2, 0) is 23.4 Å². The summed E-state index contributed by atoms with van der Waals surface area (Å²) in [7, 11) is -0.652. The lowest BCUT2D eigenvalue weighted by molar-refractivity contribution is -0.0184.